The lowest BCUT2D eigenvalue weighted by molar-refractivity contribution is 0.149. The molecule has 2 rings (SSSR count). The summed E-state index contributed by atoms with van der Waals surface area (Å²) in [5.41, 5.74) is 0.860. The number of halogens is 1. The Bertz CT molecular complexity index is 379. The maximum atomic E-state index is 9.55. The third-order valence-electron chi connectivity index (χ3n) is 3.60. The van der Waals surface area contributed by atoms with E-state index in [-0.39, 0.29) is 12.1 Å². The molecule has 2 N–H and O–H groups in total. The van der Waals surface area contributed by atoms with Crippen LogP contribution in [0.2, 0.25) is 5.02 Å². The minimum atomic E-state index is -0.197. The maximum absolute atomic E-state index is 9.55. The standard InChI is InChI=1S/C13H19ClN2O/c1-15-13(10-17)7-4-8-16(9-13)12-6-3-2-5-11(12)14/h2-3,5-6,15,17H,4,7-10H2,1H3. The van der Waals surface area contributed by atoms with Crippen molar-refractivity contribution in [2.24, 2.45) is 0 Å². The molecule has 0 spiro atoms. The number of anilines is 1. The summed E-state index contributed by atoms with van der Waals surface area (Å²) in [5.74, 6) is 0. The molecule has 94 valence electrons. The average molecular weight is 255 g/mol. The van der Waals surface area contributed by atoms with E-state index < -0.39 is 0 Å². The highest BCUT2D eigenvalue weighted by molar-refractivity contribution is 6.33. The van der Waals surface area contributed by atoms with Crippen LogP contribution in [0.25, 0.3) is 0 Å². The van der Waals surface area contributed by atoms with Crippen LogP contribution >= 0.6 is 11.6 Å². The zero-order valence-electron chi connectivity index (χ0n) is 10.1. The van der Waals surface area contributed by atoms with E-state index in [9.17, 15) is 5.11 Å². The van der Waals surface area contributed by atoms with Gasteiger partial charge in [-0.15, -0.1) is 0 Å². The van der Waals surface area contributed by atoms with Gasteiger partial charge in [-0.05, 0) is 32.0 Å². The highest BCUT2D eigenvalue weighted by atomic mass is 35.5. The first-order chi connectivity index (χ1) is 8.21. The number of benzene rings is 1. The van der Waals surface area contributed by atoms with Crippen molar-refractivity contribution in [1.82, 2.24) is 5.32 Å². The molecule has 3 nitrogen and oxygen atoms in total. The van der Waals surface area contributed by atoms with Crippen molar-refractivity contribution in [2.45, 2.75) is 18.4 Å². The van der Waals surface area contributed by atoms with Gasteiger partial charge in [-0.2, -0.15) is 0 Å². The van der Waals surface area contributed by atoms with Gasteiger partial charge in [0.2, 0.25) is 0 Å². The van der Waals surface area contributed by atoms with Crippen molar-refractivity contribution >= 4 is 17.3 Å². The lowest BCUT2D eigenvalue weighted by atomic mass is 9.89. The number of para-hydroxylation sites is 1. The highest BCUT2D eigenvalue weighted by Gasteiger charge is 2.33. The fourth-order valence-electron chi connectivity index (χ4n) is 2.46. The Morgan fingerprint density at radius 2 is 2.24 bits per heavy atom. The second-order valence-corrected chi connectivity index (χ2v) is 5.07. The summed E-state index contributed by atoms with van der Waals surface area (Å²) < 4.78 is 0. The van der Waals surface area contributed by atoms with E-state index in [1.165, 1.54) is 0 Å². The van der Waals surface area contributed by atoms with Gasteiger partial charge >= 0.3 is 0 Å². The minimum absolute atomic E-state index is 0.157. The molecule has 0 radical (unpaired) electrons. The largest absolute Gasteiger partial charge is 0.394 e. The summed E-state index contributed by atoms with van der Waals surface area (Å²) in [6.45, 7) is 1.95. The summed E-state index contributed by atoms with van der Waals surface area (Å²) in [6.07, 6.45) is 2.06. The fraction of sp³-hybridized carbons (Fsp3) is 0.538. The molecule has 1 saturated heterocycles. The molecule has 1 aliphatic heterocycles. The Balaban J connectivity index is 2.20. The smallest absolute Gasteiger partial charge is 0.0639 e. The molecule has 4 heteroatoms. The lowest BCUT2D eigenvalue weighted by Crippen LogP contribution is -2.58. The van der Waals surface area contributed by atoms with Crippen LogP contribution in [-0.4, -0.2) is 37.4 Å². The monoisotopic (exact) mass is 254 g/mol. The molecule has 1 fully saturated rings. The van der Waals surface area contributed by atoms with Crippen LogP contribution < -0.4 is 10.2 Å². The van der Waals surface area contributed by atoms with Gasteiger partial charge in [0.25, 0.3) is 0 Å². The summed E-state index contributed by atoms with van der Waals surface area (Å²) >= 11 is 6.21. The van der Waals surface area contributed by atoms with E-state index in [1.54, 1.807) is 0 Å². The summed E-state index contributed by atoms with van der Waals surface area (Å²) in [4.78, 5) is 2.25. The number of piperidine rings is 1. The summed E-state index contributed by atoms with van der Waals surface area (Å²) in [6, 6.07) is 7.87. The Hall–Kier alpha value is -0.770. The summed E-state index contributed by atoms with van der Waals surface area (Å²) in [5, 5.41) is 13.6. The molecule has 0 saturated carbocycles. The van der Waals surface area contributed by atoms with Gasteiger partial charge in [-0.1, -0.05) is 23.7 Å². The van der Waals surface area contributed by atoms with Crippen LogP contribution in [0.4, 0.5) is 5.69 Å². The molecular formula is C13H19ClN2O. The Labute approximate surface area is 107 Å². The van der Waals surface area contributed by atoms with Crippen LogP contribution in [0.3, 0.4) is 0 Å². The predicted molar refractivity (Wildman–Crippen MR) is 71.8 cm³/mol. The predicted octanol–water partition coefficient (Wildman–Crippen LogP) is 1.89. The van der Waals surface area contributed by atoms with E-state index in [1.807, 2.05) is 31.3 Å². The van der Waals surface area contributed by atoms with E-state index in [0.717, 1.165) is 36.6 Å². The third kappa shape index (κ3) is 2.57. The molecule has 1 aromatic carbocycles. The van der Waals surface area contributed by atoms with Gasteiger partial charge in [-0.3, -0.25) is 0 Å². The Morgan fingerprint density at radius 1 is 1.47 bits per heavy atom. The molecule has 1 aliphatic rings. The van der Waals surface area contributed by atoms with Gasteiger partial charge in [-0.25, -0.2) is 0 Å². The summed E-state index contributed by atoms with van der Waals surface area (Å²) in [7, 11) is 1.91. The minimum Gasteiger partial charge on any atom is -0.394 e. The van der Waals surface area contributed by atoms with Crippen LogP contribution in [0.15, 0.2) is 24.3 Å². The molecular weight excluding hydrogens is 236 g/mol. The quantitative estimate of drug-likeness (QED) is 0.865. The van der Waals surface area contributed by atoms with Gasteiger partial charge in [0.1, 0.15) is 0 Å². The molecule has 0 amide bonds. The first kappa shape index (κ1) is 12.7. The molecule has 1 atom stereocenters. The van der Waals surface area contributed by atoms with E-state index in [2.05, 4.69) is 10.2 Å². The van der Waals surface area contributed by atoms with Gasteiger partial charge < -0.3 is 15.3 Å². The van der Waals surface area contributed by atoms with E-state index in [4.69, 9.17) is 11.6 Å². The maximum Gasteiger partial charge on any atom is 0.0639 e. The van der Waals surface area contributed by atoms with Gasteiger partial charge in [0.05, 0.1) is 22.9 Å². The molecule has 17 heavy (non-hydrogen) atoms. The van der Waals surface area contributed by atoms with Crippen molar-refractivity contribution in [3.8, 4) is 0 Å². The van der Waals surface area contributed by atoms with Crippen LogP contribution in [0, 0.1) is 0 Å². The van der Waals surface area contributed by atoms with Crippen molar-refractivity contribution in [1.29, 1.82) is 0 Å². The Morgan fingerprint density at radius 3 is 2.88 bits per heavy atom. The van der Waals surface area contributed by atoms with E-state index >= 15 is 0 Å². The second kappa shape index (κ2) is 5.25. The third-order valence-corrected chi connectivity index (χ3v) is 3.92. The fourth-order valence-corrected chi connectivity index (χ4v) is 2.71. The molecule has 1 heterocycles. The SMILES string of the molecule is CNC1(CO)CCCN(c2ccccc2Cl)C1. The zero-order chi connectivity index (χ0) is 12.3. The number of hydrogen-bond donors (Lipinski definition) is 2. The highest BCUT2D eigenvalue weighted by Crippen LogP contribution is 2.30. The first-order valence-electron chi connectivity index (χ1n) is 6.00. The van der Waals surface area contributed by atoms with Crippen molar-refractivity contribution in [2.75, 3.05) is 31.6 Å². The number of rotatable bonds is 3. The lowest BCUT2D eigenvalue weighted by Gasteiger charge is -2.43. The average Bonchev–Trinajstić information content (AvgIpc) is 2.39. The van der Waals surface area contributed by atoms with Crippen LogP contribution in [-0.2, 0) is 0 Å². The van der Waals surface area contributed by atoms with Crippen molar-refractivity contribution < 1.29 is 5.11 Å². The zero-order valence-corrected chi connectivity index (χ0v) is 10.9. The molecule has 1 aromatic rings. The molecule has 0 aromatic heterocycles. The van der Waals surface area contributed by atoms with E-state index in [0.29, 0.717) is 0 Å². The molecule has 1 unspecified atom stereocenters. The number of likely N-dealkylation sites (N-methyl/N-ethyl adjacent to an activating group) is 1. The van der Waals surface area contributed by atoms with Crippen LogP contribution in [0.1, 0.15) is 12.8 Å². The van der Waals surface area contributed by atoms with Crippen LogP contribution in [0.5, 0.6) is 0 Å². The normalized spacial score (nSPS) is 25.0. The second-order valence-electron chi connectivity index (χ2n) is 4.66. The van der Waals surface area contributed by atoms with Gasteiger partial charge in [0, 0.05) is 13.1 Å². The number of hydrogen-bond acceptors (Lipinski definition) is 3. The molecule has 0 bridgehead atoms. The number of aliphatic hydroxyl groups is 1. The first-order valence-corrected chi connectivity index (χ1v) is 6.38. The topological polar surface area (TPSA) is 35.5 Å². The Kier molecular flexibility index (Phi) is 3.92. The molecule has 0 aliphatic carbocycles. The number of nitrogens with zero attached hydrogens (tertiary/aromatic N) is 1. The van der Waals surface area contributed by atoms with Crippen molar-refractivity contribution in [3.05, 3.63) is 29.3 Å². The van der Waals surface area contributed by atoms with Crippen molar-refractivity contribution in [3.63, 3.8) is 0 Å². The van der Waals surface area contributed by atoms with Gasteiger partial charge in [0.15, 0.2) is 0 Å². The number of aliphatic hydroxyl groups excluding tert-OH is 1. The number of nitrogens with one attached hydrogen (secondary N) is 1.